The number of benzene rings is 1. The van der Waals surface area contributed by atoms with Gasteiger partial charge in [-0.15, -0.1) is 0 Å². The van der Waals surface area contributed by atoms with E-state index in [1.54, 1.807) is 19.2 Å². The first-order chi connectivity index (χ1) is 14.4. The number of halogens is 3. The number of methoxy groups -OCH3 is 1. The highest BCUT2D eigenvalue weighted by molar-refractivity contribution is 5.79. The van der Waals surface area contributed by atoms with Gasteiger partial charge in [0.25, 0.3) is 0 Å². The van der Waals surface area contributed by atoms with Crippen molar-refractivity contribution in [2.75, 3.05) is 47.1 Å². The summed E-state index contributed by atoms with van der Waals surface area (Å²) < 4.78 is 58.1. The third kappa shape index (κ3) is 9.08. The van der Waals surface area contributed by atoms with Crippen molar-refractivity contribution in [3.8, 4) is 11.5 Å². The third-order valence-corrected chi connectivity index (χ3v) is 4.39. The van der Waals surface area contributed by atoms with Crippen molar-refractivity contribution < 1.29 is 32.1 Å². The third-order valence-electron chi connectivity index (χ3n) is 4.39. The van der Waals surface area contributed by atoms with E-state index in [2.05, 4.69) is 15.6 Å². The van der Waals surface area contributed by atoms with Gasteiger partial charge >= 0.3 is 6.18 Å². The van der Waals surface area contributed by atoms with Crippen LogP contribution in [0.5, 0.6) is 11.5 Å². The fraction of sp³-hybridized carbons (Fsp3) is 0.650. The van der Waals surface area contributed by atoms with Crippen LogP contribution in [-0.4, -0.2) is 65.4 Å². The Morgan fingerprint density at radius 1 is 1.27 bits per heavy atom. The maximum atomic E-state index is 12.3. The van der Waals surface area contributed by atoms with Crippen LogP contribution in [0.3, 0.4) is 0 Å². The Bertz CT molecular complexity index is 665. The molecule has 10 heteroatoms. The second kappa shape index (κ2) is 12.5. The molecule has 1 unspecified atom stereocenters. The van der Waals surface area contributed by atoms with Gasteiger partial charge in [0, 0.05) is 33.4 Å². The molecule has 0 bridgehead atoms. The molecule has 2 N–H and O–H groups in total. The number of hydrogen-bond donors (Lipinski definition) is 2. The van der Waals surface area contributed by atoms with E-state index in [-0.39, 0.29) is 17.6 Å². The molecular formula is C20H30F3N3O4. The van der Waals surface area contributed by atoms with E-state index >= 15 is 0 Å². The fourth-order valence-electron chi connectivity index (χ4n) is 2.88. The Kier molecular flexibility index (Phi) is 10.0. The molecule has 7 nitrogen and oxygen atoms in total. The number of aliphatic imine (C=N–C) groups is 1. The summed E-state index contributed by atoms with van der Waals surface area (Å²) in [5.41, 5.74) is 0.814. The van der Waals surface area contributed by atoms with E-state index in [9.17, 15) is 13.2 Å². The summed E-state index contributed by atoms with van der Waals surface area (Å²) in [4.78, 5) is 4.15. The molecule has 1 aliphatic heterocycles. The molecule has 0 aliphatic carbocycles. The summed E-state index contributed by atoms with van der Waals surface area (Å²) in [5.74, 6) is 0.902. The number of hydrogen-bond acceptors (Lipinski definition) is 5. The Morgan fingerprint density at radius 3 is 2.77 bits per heavy atom. The number of nitrogens with one attached hydrogen (secondary N) is 2. The molecule has 1 aliphatic rings. The highest BCUT2D eigenvalue weighted by atomic mass is 19.4. The normalized spacial score (nSPS) is 17.1. The van der Waals surface area contributed by atoms with E-state index in [4.69, 9.17) is 18.9 Å². The van der Waals surface area contributed by atoms with Crippen molar-refractivity contribution >= 4 is 5.96 Å². The van der Waals surface area contributed by atoms with Gasteiger partial charge in [-0.2, -0.15) is 13.2 Å². The van der Waals surface area contributed by atoms with E-state index in [1.165, 1.54) is 13.2 Å². The zero-order valence-corrected chi connectivity index (χ0v) is 17.4. The van der Waals surface area contributed by atoms with Gasteiger partial charge < -0.3 is 29.6 Å². The van der Waals surface area contributed by atoms with Crippen LogP contribution in [0.1, 0.15) is 24.8 Å². The monoisotopic (exact) mass is 433 g/mol. The maximum Gasteiger partial charge on any atom is 0.422 e. The summed E-state index contributed by atoms with van der Waals surface area (Å²) in [6, 6.07) is 4.77. The summed E-state index contributed by atoms with van der Waals surface area (Å²) in [7, 11) is 3.05. The lowest BCUT2D eigenvalue weighted by atomic mass is 10.2. The van der Waals surface area contributed by atoms with Gasteiger partial charge in [-0.05, 0) is 37.0 Å². The van der Waals surface area contributed by atoms with Gasteiger partial charge in [0.2, 0.25) is 0 Å². The highest BCUT2D eigenvalue weighted by Crippen LogP contribution is 2.29. The molecule has 1 fully saturated rings. The van der Waals surface area contributed by atoms with Crippen LogP contribution < -0.4 is 20.1 Å². The molecule has 0 aromatic heterocycles. The second-order valence-corrected chi connectivity index (χ2v) is 6.81. The Labute approximate surface area is 174 Å². The second-order valence-electron chi connectivity index (χ2n) is 6.81. The number of ether oxygens (including phenoxy) is 4. The van der Waals surface area contributed by atoms with Gasteiger partial charge in [0.05, 0.1) is 19.8 Å². The molecule has 2 rings (SSSR count). The van der Waals surface area contributed by atoms with E-state index in [0.717, 1.165) is 31.4 Å². The molecule has 0 spiro atoms. The first-order valence-electron chi connectivity index (χ1n) is 9.91. The van der Waals surface area contributed by atoms with Crippen molar-refractivity contribution in [3.63, 3.8) is 0 Å². The molecule has 1 aromatic carbocycles. The molecule has 0 radical (unpaired) electrons. The van der Waals surface area contributed by atoms with Crippen molar-refractivity contribution in [2.24, 2.45) is 4.99 Å². The van der Waals surface area contributed by atoms with Crippen LogP contribution in [0.2, 0.25) is 0 Å². The molecule has 0 amide bonds. The number of guanidine groups is 1. The van der Waals surface area contributed by atoms with Crippen LogP contribution in [0.25, 0.3) is 0 Å². The average molecular weight is 433 g/mol. The summed E-state index contributed by atoms with van der Waals surface area (Å²) >= 11 is 0. The average Bonchev–Trinajstić information content (AvgIpc) is 3.24. The SMILES string of the molecule is CN=C(NCCCOCC1CCCO1)NCc1ccc(OCC(F)(F)F)c(OC)c1. The molecule has 1 atom stereocenters. The van der Waals surface area contributed by atoms with Gasteiger partial charge in [-0.25, -0.2) is 0 Å². The quantitative estimate of drug-likeness (QED) is 0.318. The highest BCUT2D eigenvalue weighted by Gasteiger charge is 2.29. The number of alkyl halides is 3. The molecule has 30 heavy (non-hydrogen) atoms. The van der Waals surface area contributed by atoms with Gasteiger partial charge in [0.1, 0.15) is 0 Å². The minimum Gasteiger partial charge on any atom is -0.493 e. The van der Waals surface area contributed by atoms with Crippen LogP contribution in [0.4, 0.5) is 13.2 Å². The minimum absolute atomic E-state index is 0.0454. The van der Waals surface area contributed by atoms with Crippen LogP contribution in [-0.2, 0) is 16.0 Å². The Hall–Kier alpha value is -2.20. The lowest BCUT2D eigenvalue weighted by Gasteiger charge is -2.15. The van der Waals surface area contributed by atoms with E-state index < -0.39 is 12.8 Å². The summed E-state index contributed by atoms with van der Waals surface area (Å²) in [6.45, 7) is 1.85. The molecule has 170 valence electrons. The van der Waals surface area contributed by atoms with Crippen molar-refractivity contribution in [2.45, 2.75) is 38.1 Å². The maximum absolute atomic E-state index is 12.3. The predicted molar refractivity (Wildman–Crippen MR) is 107 cm³/mol. The lowest BCUT2D eigenvalue weighted by molar-refractivity contribution is -0.153. The first kappa shape index (κ1) is 24.1. The van der Waals surface area contributed by atoms with Gasteiger partial charge in [-0.1, -0.05) is 6.07 Å². The summed E-state index contributed by atoms with van der Waals surface area (Å²) in [5, 5.41) is 6.34. The molecule has 1 heterocycles. The number of nitrogens with zero attached hydrogens (tertiary/aromatic N) is 1. The molecule has 0 saturated carbocycles. The topological polar surface area (TPSA) is 73.3 Å². The van der Waals surface area contributed by atoms with E-state index in [1.807, 2.05) is 0 Å². The largest absolute Gasteiger partial charge is 0.493 e. The molecule has 1 aromatic rings. The molecular weight excluding hydrogens is 403 g/mol. The van der Waals surface area contributed by atoms with Crippen LogP contribution >= 0.6 is 0 Å². The Balaban J connectivity index is 1.69. The van der Waals surface area contributed by atoms with Crippen molar-refractivity contribution in [1.82, 2.24) is 10.6 Å². The zero-order chi connectivity index (χ0) is 21.8. The van der Waals surface area contributed by atoms with Crippen LogP contribution in [0.15, 0.2) is 23.2 Å². The summed E-state index contributed by atoms with van der Waals surface area (Å²) in [6.07, 6.45) is -1.18. The van der Waals surface area contributed by atoms with Crippen molar-refractivity contribution in [3.05, 3.63) is 23.8 Å². The minimum atomic E-state index is -4.40. The van der Waals surface area contributed by atoms with Crippen molar-refractivity contribution in [1.29, 1.82) is 0 Å². The zero-order valence-electron chi connectivity index (χ0n) is 17.4. The number of rotatable bonds is 11. The predicted octanol–water partition coefficient (Wildman–Crippen LogP) is 2.89. The van der Waals surface area contributed by atoms with Crippen LogP contribution in [0, 0.1) is 0 Å². The Morgan fingerprint density at radius 2 is 2.10 bits per heavy atom. The molecule has 1 saturated heterocycles. The first-order valence-corrected chi connectivity index (χ1v) is 9.91. The standard InChI is InChI=1S/C20H30F3N3O4/c1-24-19(25-8-4-9-28-13-16-5-3-10-29-16)26-12-15-6-7-17(18(11-15)27-2)30-14-20(21,22)23/h6-7,11,16H,3-5,8-10,12-14H2,1-2H3,(H2,24,25,26). The lowest BCUT2D eigenvalue weighted by Crippen LogP contribution is -2.37. The van der Waals surface area contributed by atoms with Gasteiger partial charge in [-0.3, -0.25) is 4.99 Å². The van der Waals surface area contributed by atoms with E-state index in [0.29, 0.717) is 32.3 Å². The van der Waals surface area contributed by atoms with Gasteiger partial charge in [0.15, 0.2) is 24.1 Å². The smallest absolute Gasteiger partial charge is 0.422 e. The fourth-order valence-corrected chi connectivity index (χ4v) is 2.88.